The Balaban J connectivity index is 4.02. The third-order valence-corrected chi connectivity index (χ3v) is 2.39. The standard InChI is InChI=1S/C9H16N2O4S/c1-6(12)10-5-8(13)11-7(9(14)15)3-4-16-2/h7H,3-5H2,1-2H3,(H,10,12)(H,11,13)(H,14,15)/t7-/m0/s1. The van der Waals surface area contributed by atoms with Crippen molar-refractivity contribution in [2.75, 3.05) is 18.6 Å². The molecule has 0 heterocycles. The summed E-state index contributed by atoms with van der Waals surface area (Å²) in [6, 6.07) is -0.895. The number of rotatable bonds is 7. The van der Waals surface area contributed by atoms with Gasteiger partial charge in [-0.3, -0.25) is 9.59 Å². The molecule has 0 saturated carbocycles. The molecule has 92 valence electrons. The number of aliphatic carboxylic acids is 1. The Bertz CT molecular complexity index is 270. The first kappa shape index (κ1) is 14.8. The molecule has 0 spiro atoms. The average Bonchev–Trinajstić information content (AvgIpc) is 2.20. The maximum atomic E-state index is 11.2. The number of carbonyl (C=O) groups is 3. The van der Waals surface area contributed by atoms with Crippen LogP contribution in [0.1, 0.15) is 13.3 Å². The minimum atomic E-state index is -1.06. The van der Waals surface area contributed by atoms with Crippen LogP contribution >= 0.6 is 11.8 Å². The summed E-state index contributed by atoms with van der Waals surface area (Å²) in [6.45, 7) is 1.09. The highest BCUT2D eigenvalue weighted by Crippen LogP contribution is 2.00. The Kier molecular flexibility index (Phi) is 7.36. The van der Waals surface area contributed by atoms with Crippen LogP contribution in [0.15, 0.2) is 0 Å². The maximum absolute atomic E-state index is 11.2. The lowest BCUT2D eigenvalue weighted by atomic mass is 10.2. The van der Waals surface area contributed by atoms with Gasteiger partial charge in [0, 0.05) is 6.92 Å². The van der Waals surface area contributed by atoms with Crippen LogP contribution < -0.4 is 10.6 Å². The fourth-order valence-corrected chi connectivity index (χ4v) is 1.41. The van der Waals surface area contributed by atoms with Crippen molar-refractivity contribution in [3.8, 4) is 0 Å². The highest BCUT2D eigenvalue weighted by Gasteiger charge is 2.18. The molecule has 0 aliphatic carbocycles. The summed E-state index contributed by atoms with van der Waals surface area (Å²) < 4.78 is 0. The van der Waals surface area contributed by atoms with Crippen LogP contribution in [0.25, 0.3) is 0 Å². The molecule has 3 N–H and O–H groups in total. The van der Waals surface area contributed by atoms with Gasteiger partial charge < -0.3 is 15.7 Å². The van der Waals surface area contributed by atoms with Crippen LogP contribution in [0.3, 0.4) is 0 Å². The fraction of sp³-hybridized carbons (Fsp3) is 0.667. The van der Waals surface area contributed by atoms with Crippen molar-refractivity contribution in [1.82, 2.24) is 10.6 Å². The smallest absolute Gasteiger partial charge is 0.326 e. The van der Waals surface area contributed by atoms with Crippen molar-refractivity contribution in [3.05, 3.63) is 0 Å². The van der Waals surface area contributed by atoms with E-state index >= 15 is 0 Å². The molecule has 0 fully saturated rings. The van der Waals surface area contributed by atoms with Crippen LogP contribution in [0, 0.1) is 0 Å². The second kappa shape index (κ2) is 7.98. The van der Waals surface area contributed by atoms with E-state index in [1.54, 1.807) is 0 Å². The molecule has 2 amide bonds. The van der Waals surface area contributed by atoms with Gasteiger partial charge in [0.2, 0.25) is 11.8 Å². The molecule has 6 nitrogen and oxygen atoms in total. The Morgan fingerprint density at radius 3 is 2.44 bits per heavy atom. The zero-order valence-electron chi connectivity index (χ0n) is 9.28. The molecule has 0 aromatic rings. The zero-order chi connectivity index (χ0) is 12.6. The first-order valence-corrected chi connectivity index (χ1v) is 6.12. The van der Waals surface area contributed by atoms with Crippen molar-refractivity contribution < 1.29 is 19.5 Å². The second-order valence-electron chi connectivity index (χ2n) is 3.15. The van der Waals surface area contributed by atoms with E-state index in [1.165, 1.54) is 18.7 Å². The first-order chi connectivity index (χ1) is 7.47. The lowest BCUT2D eigenvalue weighted by Crippen LogP contribution is -2.45. The van der Waals surface area contributed by atoms with E-state index in [4.69, 9.17) is 5.11 Å². The van der Waals surface area contributed by atoms with Gasteiger partial charge in [-0.15, -0.1) is 0 Å². The summed E-state index contributed by atoms with van der Waals surface area (Å²) >= 11 is 1.51. The predicted molar refractivity (Wildman–Crippen MR) is 61.2 cm³/mol. The molecule has 0 saturated heterocycles. The molecule has 0 aromatic carbocycles. The predicted octanol–water partition coefficient (Wildman–Crippen LogP) is -0.555. The van der Waals surface area contributed by atoms with Gasteiger partial charge in [0.15, 0.2) is 0 Å². The highest BCUT2D eigenvalue weighted by molar-refractivity contribution is 7.98. The van der Waals surface area contributed by atoms with Gasteiger partial charge in [-0.2, -0.15) is 11.8 Å². The zero-order valence-corrected chi connectivity index (χ0v) is 10.1. The highest BCUT2D eigenvalue weighted by atomic mass is 32.2. The van der Waals surface area contributed by atoms with Gasteiger partial charge in [-0.1, -0.05) is 0 Å². The molecular formula is C9H16N2O4S. The van der Waals surface area contributed by atoms with Crippen molar-refractivity contribution in [2.45, 2.75) is 19.4 Å². The number of thioether (sulfide) groups is 1. The summed E-state index contributed by atoms with van der Waals surface area (Å²) in [4.78, 5) is 32.5. The van der Waals surface area contributed by atoms with Gasteiger partial charge in [0.1, 0.15) is 6.04 Å². The molecule has 0 aliphatic heterocycles. The number of carboxylic acid groups (broad SMARTS) is 1. The molecule has 1 atom stereocenters. The Morgan fingerprint density at radius 2 is 2.00 bits per heavy atom. The van der Waals surface area contributed by atoms with Crippen LogP contribution in [0.5, 0.6) is 0 Å². The van der Waals surface area contributed by atoms with Crippen molar-refractivity contribution in [3.63, 3.8) is 0 Å². The van der Waals surface area contributed by atoms with Crippen LogP contribution in [0.2, 0.25) is 0 Å². The number of hydrogen-bond donors (Lipinski definition) is 3. The monoisotopic (exact) mass is 248 g/mol. The normalized spacial score (nSPS) is 11.6. The van der Waals surface area contributed by atoms with Gasteiger partial charge in [-0.05, 0) is 18.4 Å². The van der Waals surface area contributed by atoms with Crippen LogP contribution in [-0.2, 0) is 14.4 Å². The molecule has 0 bridgehead atoms. The van der Waals surface area contributed by atoms with E-state index < -0.39 is 17.9 Å². The second-order valence-corrected chi connectivity index (χ2v) is 4.14. The minimum absolute atomic E-state index is 0.196. The molecular weight excluding hydrogens is 232 g/mol. The molecule has 0 unspecified atom stereocenters. The number of carbonyl (C=O) groups excluding carboxylic acids is 2. The Hall–Kier alpha value is -1.24. The topological polar surface area (TPSA) is 95.5 Å². The van der Waals surface area contributed by atoms with Gasteiger partial charge in [0.25, 0.3) is 0 Å². The van der Waals surface area contributed by atoms with Gasteiger partial charge >= 0.3 is 5.97 Å². The van der Waals surface area contributed by atoms with Gasteiger partial charge in [-0.25, -0.2) is 4.79 Å². The molecule has 0 rings (SSSR count). The lowest BCUT2D eigenvalue weighted by Gasteiger charge is -2.13. The molecule has 0 aliphatic rings. The largest absolute Gasteiger partial charge is 0.480 e. The Labute approximate surface area is 98.2 Å². The number of carboxylic acids is 1. The van der Waals surface area contributed by atoms with E-state index in [0.29, 0.717) is 12.2 Å². The van der Waals surface area contributed by atoms with E-state index in [9.17, 15) is 14.4 Å². The van der Waals surface area contributed by atoms with Crippen molar-refractivity contribution in [2.24, 2.45) is 0 Å². The third kappa shape index (κ3) is 7.10. The summed E-state index contributed by atoms with van der Waals surface area (Å²) in [5.74, 6) is -1.24. The number of amides is 2. The quantitative estimate of drug-likeness (QED) is 0.561. The third-order valence-electron chi connectivity index (χ3n) is 1.74. The maximum Gasteiger partial charge on any atom is 0.326 e. The summed E-state index contributed by atoms with van der Waals surface area (Å²) in [6.07, 6.45) is 2.22. The van der Waals surface area contributed by atoms with E-state index in [-0.39, 0.29) is 12.5 Å². The Morgan fingerprint density at radius 1 is 1.38 bits per heavy atom. The SMILES string of the molecule is CSCC[C@H](NC(=O)CNC(C)=O)C(=O)O. The van der Waals surface area contributed by atoms with Crippen LogP contribution in [0.4, 0.5) is 0 Å². The molecule has 0 radical (unpaired) electrons. The van der Waals surface area contributed by atoms with Crippen LogP contribution in [-0.4, -0.2) is 47.5 Å². The van der Waals surface area contributed by atoms with E-state index in [2.05, 4.69) is 10.6 Å². The van der Waals surface area contributed by atoms with E-state index in [1.807, 2.05) is 6.26 Å². The summed E-state index contributed by atoms with van der Waals surface area (Å²) in [7, 11) is 0. The van der Waals surface area contributed by atoms with Gasteiger partial charge in [0.05, 0.1) is 6.54 Å². The minimum Gasteiger partial charge on any atom is -0.480 e. The van der Waals surface area contributed by atoms with E-state index in [0.717, 1.165) is 0 Å². The van der Waals surface area contributed by atoms with Crippen molar-refractivity contribution >= 4 is 29.5 Å². The molecule has 0 aromatic heterocycles. The fourth-order valence-electron chi connectivity index (χ4n) is 0.943. The number of nitrogens with one attached hydrogen (secondary N) is 2. The lowest BCUT2D eigenvalue weighted by molar-refractivity contribution is -0.141. The summed E-state index contributed by atoms with van der Waals surface area (Å²) in [5.41, 5.74) is 0. The molecule has 7 heteroatoms. The first-order valence-electron chi connectivity index (χ1n) is 4.73. The average molecular weight is 248 g/mol. The van der Waals surface area contributed by atoms with Crippen molar-refractivity contribution in [1.29, 1.82) is 0 Å². The number of hydrogen-bond acceptors (Lipinski definition) is 4. The molecule has 16 heavy (non-hydrogen) atoms. The summed E-state index contributed by atoms with van der Waals surface area (Å²) in [5, 5.41) is 13.5.